The number of carbonyl (C=O) groups excluding carboxylic acids is 2. The molecule has 0 spiro atoms. The van der Waals surface area contributed by atoms with Gasteiger partial charge in [-0.15, -0.1) is 0 Å². The van der Waals surface area contributed by atoms with E-state index in [1.807, 2.05) is 24.3 Å². The number of benzene rings is 1. The Labute approximate surface area is 140 Å². The van der Waals surface area contributed by atoms with Gasteiger partial charge in [0.05, 0.1) is 0 Å². The smallest absolute Gasteiger partial charge is 0.287 e. The molecule has 3 nitrogen and oxygen atoms in total. The summed E-state index contributed by atoms with van der Waals surface area (Å²) in [4.78, 5) is 23.8. The largest absolute Gasteiger partial charge is 0.349 e. The van der Waals surface area contributed by atoms with Gasteiger partial charge in [-0.05, 0) is 29.9 Å². The van der Waals surface area contributed by atoms with E-state index < -0.39 is 5.91 Å². The number of Topliss-reactive ketones (excluding diaryl/α,β-unsaturated/α-hetero) is 1. The number of ketones is 1. The van der Waals surface area contributed by atoms with Crippen LogP contribution < -0.4 is 5.32 Å². The Hall–Kier alpha value is -1.90. The van der Waals surface area contributed by atoms with Crippen molar-refractivity contribution < 1.29 is 9.59 Å². The van der Waals surface area contributed by atoms with Crippen molar-refractivity contribution in [1.29, 1.82) is 0 Å². The van der Waals surface area contributed by atoms with Gasteiger partial charge in [0.25, 0.3) is 5.91 Å². The van der Waals surface area contributed by atoms with Crippen LogP contribution in [0.1, 0.15) is 57.1 Å². The molecule has 1 aromatic rings. The zero-order valence-corrected chi connectivity index (χ0v) is 14.4. The van der Waals surface area contributed by atoms with E-state index in [9.17, 15) is 9.59 Å². The molecule has 1 atom stereocenters. The van der Waals surface area contributed by atoms with E-state index in [1.54, 1.807) is 6.08 Å². The predicted octanol–water partition coefficient (Wildman–Crippen LogP) is 4.16. The number of hydrogen-bond acceptors (Lipinski definition) is 2. The maximum absolute atomic E-state index is 11.9. The average Bonchev–Trinajstić information content (AvgIpc) is 2.60. The molecule has 1 aromatic carbocycles. The van der Waals surface area contributed by atoms with Crippen molar-refractivity contribution in [3.05, 3.63) is 42.0 Å². The molecule has 1 rings (SSSR count). The van der Waals surface area contributed by atoms with Crippen LogP contribution in [0.25, 0.3) is 6.08 Å². The SMILES string of the molecule is C=Cc1ccc(CCC(=O)C(=O)NCC(CC)CCCC)cc1. The number of carbonyl (C=O) groups is 2. The molecule has 0 aromatic heterocycles. The van der Waals surface area contributed by atoms with Crippen molar-refractivity contribution >= 4 is 17.8 Å². The number of amides is 1. The molecule has 23 heavy (non-hydrogen) atoms. The summed E-state index contributed by atoms with van der Waals surface area (Å²) >= 11 is 0. The van der Waals surface area contributed by atoms with Crippen molar-refractivity contribution in [2.75, 3.05) is 6.54 Å². The van der Waals surface area contributed by atoms with Crippen molar-refractivity contribution in [3.8, 4) is 0 Å². The van der Waals surface area contributed by atoms with Gasteiger partial charge < -0.3 is 5.32 Å². The molecule has 3 heteroatoms. The van der Waals surface area contributed by atoms with Gasteiger partial charge in [0.15, 0.2) is 0 Å². The summed E-state index contributed by atoms with van der Waals surface area (Å²) in [5, 5.41) is 2.80. The summed E-state index contributed by atoms with van der Waals surface area (Å²) in [6.45, 7) is 8.61. The van der Waals surface area contributed by atoms with Crippen LogP contribution in [-0.4, -0.2) is 18.2 Å². The molecule has 1 unspecified atom stereocenters. The molecule has 0 fully saturated rings. The summed E-state index contributed by atoms with van der Waals surface area (Å²) in [7, 11) is 0. The van der Waals surface area contributed by atoms with Crippen LogP contribution in [0.5, 0.6) is 0 Å². The lowest BCUT2D eigenvalue weighted by atomic mass is 9.99. The van der Waals surface area contributed by atoms with Crippen molar-refractivity contribution in [3.63, 3.8) is 0 Å². The molecule has 126 valence electrons. The van der Waals surface area contributed by atoms with Gasteiger partial charge in [0, 0.05) is 13.0 Å². The van der Waals surface area contributed by atoms with E-state index in [0.29, 0.717) is 18.9 Å². The van der Waals surface area contributed by atoms with E-state index in [-0.39, 0.29) is 12.2 Å². The lowest BCUT2D eigenvalue weighted by Crippen LogP contribution is -2.34. The fraction of sp³-hybridized carbons (Fsp3) is 0.500. The molecule has 0 radical (unpaired) electrons. The zero-order chi connectivity index (χ0) is 17.1. The van der Waals surface area contributed by atoms with Crippen LogP contribution in [0, 0.1) is 5.92 Å². The summed E-state index contributed by atoms with van der Waals surface area (Å²) in [6, 6.07) is 7.87. The molecule has 1 N–H and O–H groups in total. The minimum Gasteiger partial charge on any atom is -0.349 e. The van der Waals surface area contributed by atoms with Crippen molar-refractivity contribution in [2.24, 2.45) is 5.92 Å². The lowest BCUT2D eigenvalue weighted by molar-refractivity contribution is -0.138. The maximum atomic E-state index is 11.9. The number of rotatable bonds is 11. The van der Waals surface area contributed by atoms with E-state index in [0.717, 1.165) is 30.4 Å². The van der Waals surface area contributed by atoms with Gasteiger partial charge in [-0.25, -0.2) is 0 Å². The Kier molecular flexibility index (Phi) is 8.96. The monoisotopic (exact) mass is 315 g/mol. The Morgan fingerprint density at radius 1 is 1.22 bits per heavy atom. The minimum absolute atomic E-state index is 0.255. The second-order valence-electron chi connectivity index (χ2n) is 6.00. The highest BCUT2D eigenvalue weighted by Gasteiger charge is 2.15. The first-order valence-electron chi connectivity index (χ1n) is 8.63. The quantitative estimate of drug-likeness (QED) is 0.623. The number of aryl methyl sites for hydroxylation is 1. The molecule has 0 aliphatic carbocycles. The third-order valence-corrected chi connectivity index (χ3v) is 4.20. The third-order valence-electron chi connectivity index (χ3n) is 4.20. The summed E-state index contributed by atoms with van der Waals surface area (Å²) in [6.07, 6.45) is 7.10. The van der Waals surface area contributed by atoms with Crippen LogP contribution in [0.4, 0.5) is 0 Å². The molecular formula is C20H29NO2. The van der Waals surface area contributed by atoms with Crippen LogP contribution in [0.3, 0.4) is 0 Å². The van der Waals surface area contributed by atoms with Crippen LogP contribution in [0.15, 0.2) is 30.8 Å². The first-order valence-corrected chi connectivity index (χ1v) is 8.63. The van der Waals surface area contributed by atoms with Gasteiger partial charge in [0.1, 0.15) is 0 Å². The van der Waals surface area contributed by atoms with Gasteiger partial charge in [-0.3, -0.25) is 9.59 Å². The van der Waals surface area contributed by atoms with Crippen molar-refractivity contribution in [1.82, 2.24) is 5.32 Å². The highest BCUT2D eigenvalue weighted by Crippen LogP contribution is 2.11. The average molecular weight is 315 g/mol. The first kappa shape index (κ1) is 19.1. The number of unbranched alkanes of at least 4 members (excludes halogenated alkanes) is 1. The number of hydrogen-bond donors (Lipinski definition) is 1. The second-order valence-corrected chi connectivity index (χ2v) is 6.00. The first-order chi connectivity index (χ1) is 11.1. The topological polar surface area (TPSA) is 46.2 Å². The molecule has 0 aliphatic heterocycles. The fourth-order valence-electron chi connectivity index (χ4n) is 2.47. The Bertz CT molecular complexity index is 505. The third kappa shape index (κ3) is 7.27. The van der Waals surface area contributed by atoms with Crippen LogP contribution >= 0.6 is 0 Å². The van der Waals surface area contributed by atoms with Crippen LogP contribution in [-0.2, 0) is 16.0 Å². The standard InChI is InChI=1S/C20H29NO2/c1-4-7-8-17(6-3)15-21-20(23)19(22)14-13-18-11-9-16(5-2)10-12-18/h5,9-12,17H,2,4,6-8,13-15H2,1,3H3,(H,21,23). The molecule has 0 saturated heterocycles. The van der Waals surface area contributed by atoms with E-state index in [1.165, 1.54) is 6.42 Å². The maximum Gasteiger partial charge on any atom is 0.287 e. The highest BCUT2D eigenvalue weighted by molar-refractivity contribution is 6.36. The summed E-state index contributed by atoms with van der Waals surface area (Å²) < 4.78 is 0. The molecule has 1 amide bonds. The normalized spacial score (nSPS) is 11.7. The fourth-order valence-corrected chi connectivity index (χ4v) is 2.47. The van der Waals surface area contributed by atoms with Gasteiger partial charge in [0.2, 0.25) is 5.78 Å². The van der Waals surface area contributed by atoms with Gasteiger partial charge in [-0.2, -0.15) is 0 Å². The Morgan fingerprint density at radius 3 is 2.48 bits per heavy atom. The molecule has 0 aliphatic rings. The van der Waals surface area contributed by atoms with E-state index >= 15 is 0 Å². The zero-order valence-electron chi connectivity index (χ0n) is 14.4. The Balaban J connectivity index is 2.35. The van der Waals surface area contributed by atoms with E-state index in [2.05, 4.69) is 25.7 Å². The Morgan fingerprint density at radius 2 is 1.91 bits per heavy atom. The minimum atomic E-state index is -0.442. The molecule has 0 heterocycles. The van der Waals surface area contributed by atoms with Crippen molar-refractivity contribution in [2.45, 2.75) is 52.4 Å². The molecular weight excluding hydrogens is 286 g/mol. The van der Waals surface area contributed by atoms with Gasteiger partial charge in [-0.1, -0.05) is 70.0 Å². The molecule has 0 saturated carbocycles. The second kappa shape index (κ2) is 10.8. The molecule has 0 bridgehead atoms. The summed E-state index contributed by atoms with van der Waals surface area (Å²) in [5.74, 6) is -0.302. The summed E-state index contributed by atoms with van der Waals surface area (Å²) in [5.41, 5.74) is 2.11. The highest BCUT2D eigenvalue weighted by atomic mass is 16.2. The van der Waals surface area contributed by atoms with Crippen LogP contribution in [0.2, 0.25) is 0 Å². The van der Waals surface area contributed by atoms with Gasteiger partial charge >= 0.3 is 0 Å². The lowest BCUT2D eigenvalue weighted by Gasteiger charge is -2.14. The predicted molar refractivity (Wildman–Crippen MR) is 96.2 cm³/mol. The number of nitrogens with one attached hydrogen (secondary N) is 1. The van der Waals surface area contributed by atoms with E-state index in [4.69, 9.17) is 0 Å².